The third kappa shape index (κ3) is 1.79. The lowest BCUT2D eigenvalue weighted by Crippen LogP contribution is -2.62. The second-order valence-electron chi connectivity index (χ2n) is 6.47. The molecule has 2 rings (SSSR count). The summed E-state index contributed by atoms with van der Waals surface area (Å²) in [6.07, 6.45) is 3.32. The van der Waals surface area contributed by atoms with Crippen LogP contribution in [-0.4, -0.2) is 23.9 Å². The third-order valence-electron chi connectivity index (χ3n) is 4.66. The average Bonchev–Trinajstić information content (AvgIpc) is 2.20. The Morgan fingerprint density at radius 2 is 1.81 bits per heavy atom. The Hall–Kier alpha value is 0.210. The minimum atomic E-state index is -0.642. The van der Waals surface area contributed by atoms with Crippen molar-refractivity contribution in [2.45, 2.75) is 63.7 Å². The highest BCUT2D eigenvalue weighted by molar-refractivity contribution is 6.21. The summed E-state index contributed by atoms with van der Waals surface area (Å²) in [5.41, 5.74) is 0.228. The Bertz CT molecular complexity index is 292. The second kappa shape index (κ2) is 3.60. The molecule has 2 nitrogen and oxygen atoms in total. The maximum atomic E-state index is 6.59. The highest BCUT2D eigenvalue weighted by Crippen LogP contribution is 2.56. The average molecular weight is 247 g/mol. The van der Waals surface area contributed by atoms with Gasteiger partial charge in [-0.1, -0.05) is 13.8 Å². The first kappa shape index (κ1) is 12.7. The summed E-state index contributed by atoms with van der Waals surface area (Å²) in [6.45, 7) is 8.79. The number of rotatable bonds is 1. The van der Waals surface area contributed by atoms with Gasteiger partial charge in [0.05, 0.1) is 11.0 Å². The molecule has 3 heteroatoms. The van der Waals surface area contributed by atoms with Crippen molar-refractivity contribution < 1.29 is 9.47 Å². The van der Waals surface area contributed by atoms with Crippen LogP contribution in [0.4, 0.5) is 0 Å². The minimum Gasteiger partial charge on any atom is -0.352 e. The van der Waals surface area contributed by atoms with Crippen molar-refractivity contribution in [1.29, 1.82) is 0 Å². The maximum absolute atomic E-state index is 6.59. The smallest absolute Gasteiger partial charge is 0.182 e. The van der Waals surface area contributed by atoms with E-state index in [0.717, 1.165) is 12.8 Å². The van der Waals surface area contributed by atoms with E-state index in [9.17, 15) is 0 Å². The molecular formula is C13H23ClO2. The van der Waals surface area contributed by atoms with Crippen LogP contribution in [0.15, 0.2) is 0 Å². The lowest BCUT2D eigenvalue weighted by atomic mass is 9.60. The van der Waals surface area contributed by atoms with Crippen LogP contribution in [0.1, 0.15) is 47.0 Å². The highest BCUT2D eigenvalue weighted by Gasteiger charge is 2.57. The van der Waals surface area contributed by atoms with Gasteiger partial charge < -0.3 is 9.47 Å². The predicted octanol–water partition coefficient (Wildman–Crippen LogP) is 3.57. The van der Waals surface area contributed by atoms with E-state index >= 15 is 0 Å². The summed E-state index contributed by atoms with van der Waals surface area (Å²) >= 11 is 6.59. The van der Waals surface area contributed by atoms with E-state index in [-0.39, 0.29) is 16.4 Å². The van der Waals surface area contributed by atoms with Crippen molar-refractivity contribution in [2.24, 2.45) is 11.3 Å². The first-order valence-electron chi connectivity index (χ1n) is 6.12. The molecule has 0 radical (unpaired) electrons. The molecule has 1 saturated carbocycles. The summed E-state index contributed by atoms with van der Waals surface area (Å²) in [6, 6.07) is 0. The van der Waals surface area contributed by atoms with Crippen molar-refractivity contribution >= 4 is 11.6 Å². The normalized spacial score (nSPS) is 51.4. The molecule has 0 aromatic rings. The van der Waals surface area contributed by atoms with Crippen LogP contribution in [0.5, 0.6) is 0 Å². The van der Waals surface area contributed by atoms with Crippen molar-refractivity contribution in [1.82, 2.24) is 0 Å². The van der Waals surface area contributed by atoms with E-state index in [1.807, 2.05) is 6.92 Å². The number of fused-ring (bicyclic) bond motifs is 2. The van der Waals surface area contributed by atoms with E-state index in [4.69, 9.17) is 21.1 Å². The number of halogens is 1. The molecule has 0 spiro atoms. The molecule has 0 amide bonds. The van der Waals surface area contributed by atoms with Gasteiger partial charge in [0.1, 0.15) is 0 Å². The largest absolute Gasteiger partial charge is 0.352 e. The van der Waals surface area contributed by atoms with Crippen molar-refractivity contribution in [3.8, 4) is 0 Å². The molecule has 4 atom stereocenters. The number of hydrogen-bond acceptors (Lipinski definition) is 2. The Labute approximate surface area is 104 Å². The molecule has 0 aromatic carbocycles. The summed E-state index contributed by atoms with van der Waals surface area (Å²) in [7, 11) is 1.69. The summed E-state index contributed by atoms with van der Waals surface area (Å²) in [5.74, 6) is -0.177. The molecule has 0 N–H and O–H groups in total. The molecule has 4 unspecified atom stereocenters. The van der Waals surface area contributed by atoms with Gasteiger partial charge in [0, 0.05) is 7.11 Å². The first-order valence-corrected chi connectivity index (χ1v) is 6.55. The van der Waals surface area contributed by atoms with Crippen molar-refractivity contribution in [3.63, 3.8) is 0 Å². The second-order valence-corrected chi connectivity index (χ2v) is 6.94. The standard InChI is InChI=1S/C13H23ClO2/c1-11(2)6-7-12(3)8-9(11)10(14)13(4,15-5)16-12/h9-10H,6-8H2,1-5H3. The highest BCUT2D eigenvalue weighted by atomic mass is 35.5. The Balaban J connectivity index is 2.34. The van der Waals surface area contributed by atoms with Gasteiger partial charge in [-0.25, -0.2) is 0 Å². The van der Waals surface area contributed by atoms with Gasteiger partial charge >= 0.3 is 0 Å². The maximum Gasteiger partial charge on any atom is 0.182 e. The molecule has 94 valence electrons. The molecular weight excluding hydrogens is 224 g/mol. The molecule has 2 fully saturated rings. The van der Waals surface area contributed by atoms with Crippen LogP contribution in [-0.2, 0) is 9.47 Å². The van der Waals surface area contributed by atoms with Gasteiger partial charge in [0.25, 0.3) is 0 Å². The molecule has 1 aliphatic carbocycles. The van der Waals surface area contributed by atoms with E-state index < -0.39 is 5.79 Å². The topological polar surface area (TPSA) is 18.5 Å². The minimum absolute atomic E-state index is 0.0592. The zero-order valence-corrected chi connectivity index (χ0v) is 11.7. The number of ether oxygens (including phenoxy) is 2. The van der Waals surface area contributed by atoms with Crippen LogP contribution < -0.4 is 0 Å². The molecule has 2 bridgehead atoms. The Morgan fingerprint density at radius 1 is 1.19 bits per heavy atom. The van der Waals surface area contributed by atoms with Gasteiger partial charge in [0.2, 0.25) is 0 Å². The Morgan fingerprint density at radius 3 is 2.38 bits per heavy atom. The summed E-state index contributed by atoms with van der Waals surface area (Å²) in [4.78, 5) is 0. The number of methoxy groups -OCH3 is 1. The van der Waals surface area contributed by atoms with E-state index in [1.54, 1.807) is 7.11 Å². The SMILES string of the molecule is COC1(C)OC2(C)CCC(C)(C)C(C2)C1Cl. The number of alkyl halides is 1. The molecule has 1 heterocycles. The van der Waals surface area contributed by atoms with Crippen LogP contribution in [0.2, 0.25) is 0 Å². The van der Waals surface area contributed by atoms with Gasteiger partial charge in [-0.2, -0.15) is 0 Å². The summed E-state index contributed by atoms with van der Waals surface area (Å²) < 4.78 is 11.7. The molecule has 16 heavy (non-hydrogen) atoms. The predicted molar refractivity (Wildman–Crippen MR) is 65.7 cm³/mol. The fraction of sp³-hybridized carbons (Fsp3) is 1.00. The fourth-order valence-corrected chi connectivity index (χ4v) is 3.84. The van der Waals surface area contributed by atoms with Gasteiger partial charge in [0.15, 0.2) is 5.79 Å². The van der Waals surface area contributed by atoms with Gasteiger partial charge in [-0.3, -0.25) is 0 Å². The van der Waals surface area contributed by atoms with Gasteiger partial charge in [-0.15, -0.1) is 11.6 Å². The van der Waals surface area contributed by atoms with Crippen molar-refractivity contribution in [2.75, 3.05) is 7.11 Å². The van der Waals surface area contributed by atoms with Crippen molar-refractivity contribution in [3.05, 3.63) is 0 Å². The third-order valence-corrected chi connectivity index (χ3v) is 5.36. The van der Waals surface area contributed by atoms with Gasteiger partial charge in [-0.05, 0) is 44.4 Å². The Kier molecular flexibility index (Phi) is 2.85. The first-order chi connectivity index (χ1) is 7.22. The number of hydrogen-bond donors (Lipinski definition) is 0. The monoisotopic (exact) mass is 246 g/mol. The lowest BCUT2D eigenvalue weighted by molar-refractivity contribution is -0.317. The van der Waals surface area contributed by atoms with Crippen LogP contribution in [0.25, 0.3) is 0 Å². The van der Waals surface area contributed by atoms with Crippen LogP contribution in [0, 0.1) is 11.3 Å². The van der Waals surface area contributed by atoms with E-state index in [0.29, 0.717) is 5.92 Å². The van der Waals surface area contributed by atoms with Crippen LogP contribution in [0.3, 0.4) is 0 Å². The molecule has 0 aromatic heterocycles. The van der Waals surface area contributed by atoms with E-state index in [2.05, 4.69) is 20.8 Å². The van der Waals surface area contributed by atoms with E-state index in [1.165, 1.54) is 6.42 Å². The molecule has 1 aliphatic heterocycles. The lowest BCUT2D eigenvalue weighted by Gasteiger charge is -2.58. The molecule has 1 saturated heterocycles. The quantitative estimate of drug-likeness (QED) is 0.659. The summed E-state index contributed by atoms with van der Waals surface area (Å²) in [5, 5.41) is -0.0686. The van der Waals surface area contributed by atoms with Crippen LogP contribution >= 0.6 is 11.6 Å². The fourth-order valence-electron chi connectivity index (χ4n) is 3.27. The molecule has 2 aliphatic rings. The zero-order valence-electron chi connectivity index (χ0n) is 11.0. The zero-order chi connectivity index (χ0) is 12.2.